The lowest BCUT2D eigenvalue weighted by atomic mass is 9.34. The van der Waals surface area contributed by atoms with Gasteiger partial charge in [0.05, 0.1) is 44.3 Å². The van der Waals surface area contributed by atoms with Crippen molar-refractivity contribution >= 4 is 127 Å². The Morgan fingerprint density at radius 3 is 1.22 bits per heavy atom. The second-order valence-electron chi connectivity index (χ2n) is 19.6. The molecule has 0 saturated heterocycles. The molecule has 2 aliphatic heterocycles. The summed E-state index contributed by atoms with van der Waals surface area (Å²) < 4.78 is 10.0. The number of hydrogen-bond acceptors (Lipinski definition) is 1. The molecule has 72 heavy (non-hydrogen) atoms. The van der Waals surface area contributed by atoms with Gasteiger partial charge in [-0.1, -0.05) is 158 Å². The summed E-state index contributed by atoms with van der Waals surface area (Å²) in [5.41, 5.74) is 21.7. The number of hydrogen-bond donors (Lipinski definition) is 0. The normalized spacial score (nSPS) is 12.9. The van der Waals surface area contributed by atoms with Crippen LogP contribution in [-0.4, -0.2) is 25.0 Å². The Morgan fingerprint density at radius 1 is 0.236 bits per heavy atom. The maximum atomic E-state index is 2.62. The topological polar surface area (TPSA) is 23.0 Å². The molecule has 0 bridgehead atoms. The van der Waals surface area contributed by atoms with E-state index in [4.69, 9.17) is 0 Å². The van der Waals surface area contributed by atoms with Crippen LogP contribution in [0.15, 0.2) is 243 Å². The summed E-state index contributed by atoms with van der Waals surface area (Å²) in [5.74, 6) is 0. The van der Waals surface area contributed by atoms with Crippen molar-refractivity contribution < 1.29 is 0 Å². The monoisotopic (exact) mass is 913 g/mol. The highest BCUT2D eigenvalue weighted by atomic mass is 15.2. The zero-order valence-corrected chi connectivity index (χ0v) is 38.9. The fourth-order valence-electron chi connectivity index (χ4n) is 13.3. The zero-order chi connectivity index (χ0) is 46.8. The van der Waals surface area contributed by atoms with E-state index in [1.165, 1.54) is 115 Å². The molecular weight excluding hydrogens is 874 g/mol. The van der Waals surface area contributed by atoms with Gasteiger partial charge in [-0.25, -0.2) is 0 Å². The molecule has 0 fully saturated rings. The molecule has 0 atom stereocenters. The molecular formula is C66H40BN5. The van der Waals surface area contributed by atoms with E-state index in [1.807, 2.05) is 0 Å². The summed E-state index contributed by atoms with van der Waals surface area (Å²) in [4.78, 5) is 2.52. The van der Waals surface area contributed by atoms with Crippen molar-refractivity contribution in [3.05, 3.63) is 243 Å². The Bertz CT molecular complexity index is 4730. The maximum Gasteiger partial charge on any atom is 0.252 e. The molecule has 0 saturated carbocycles. The van der Waals surface area contributed by atoms with Crippen molar-refractivity contribution in [1.82, 2.24) is 18.3 Å². The second kappa shape index (κ2) is 14.1. The van der Waals surface area contributed by atoms with Gasteiger partial charge in [-0.05, 0) is 101 Å². The van der Waals surface area contributed by atoms with Gasteiger partial charge in [0.1, 0.15) is 0 Å². The van der Waals surface area contributed by atoms with Crippen LogP contribution in [0, 0.1) is 0 Å². The Hall–Kier alpha value is -9.52. The lowest BCUT2D eigenvalue weighted by molar-refractivity contribution is 1.12. The van der Waals surface area contributed by atoms with E-state index >= 15 is 0 Å². The first-order valence-corrected chi connectivity index (χ1v) is 25.0. The van der Waals surface area contributed by atoms with E-state index in [0.717, 1.165) is 28.3 Å². The molecule has 6 heterocycles. The smallest absolute Gasteiger partial charge is 0.252 e. The van der Waals surface area contributed by atoms with Crippen molar-refractivity contribution in [2.24, 2.45) is 0 Å². The van der Waals surface area contributed by atoms with Crippen LogP contribution in [0.5, 0.6) is 0 Å². The molecule has 2 aliphatic rings. The highest BCUT2D eigenvalue weighted by Gasteiger charge is 2.42. The number of benzene rings is 11. The van der Waals surface area contributed by atoms with Crippen molar-refractivity contribution in [1.29, 1.82) is 0 Å². The molecule has 6 heteroatoms. The van der Waals surface area contributed by atoms with Crippen molar-refractivity contribution in [3.63, 3.8) is 0 Å². The van der Waals surface area contributed by atoms with Gasteiger partial charge >= 0.3 is 0 Å². The molecule has 0 spiro atoms. The summed E-state index contributed by atoms with van der Waals surface area (Å²) in [5, 5.41) is 9.99. The first-order chi connectivity index (χ1) is 35.8. The van der Waals surface area contributed by atoms with Gasteiger partial charge < -0.3 is 23.2 Å². The summed E-state index contributed by atoms with van der Waals surface area (Å²) in [7, 11) is 0. The Labute approximate surface area is 413 Å². The molecule has 11 aromatic carbocycles. The van der Waals surface area contributed by atoms with Crippen LogP contribution in [0.3, 0.4) is 0 Å². The molecule has 5 nitrogen and oxygen atoms in total. The van der Waals surface area contributed by atoms with Crippen LogP contribution in [-0.2, 0) is 0 Å². The lowest BCUT2D eigenvalue weighted by Crippen LogP contribution is -2.60. The molecule has 0 amide bonds. The van der Waals surface area contributed by atoms with Crippen molar-refractivity contribution in [2.75, 3.05) is 4.90 Å². The number of rotatable bonds is 4. The lowest BCUT2D eigenvalue weighted by Gasteiger charge is -2.40. The third-order valence-corrected chi connectivity index (χ3v) is 16.1. The predicted molar refractivity (Wildman–Crippen MR) is 303 cm³/mol. The predicted octanol–water partition coefficient (Wildman–Crippen LogP) is 14.7. The third-order valence-electron chi connectivity index (χ3n) is 16.1. The van der Waals surface area contributed by atoms with Gasteiger partial charge in [0.25, 0.3) is 6.71 Å². The van der Waals surface area contributed by atoms with Gasteiger partial charge in [0.15, 0.2) is 0 Å². The number of anilines is 3. The molecule has 0 aliphatic carbocycles. The highest BCUT2D eigenvalue weighted by molar-refractivity contribution is 7.00. The molecule has 0 unspecified atom stereocenters. The summed E-state index contributed by atoms with van der Waals surface area (Å²) in [6.45, 7) is 0.0117. The zero-order valence-electron chi connectivity index (χ0n) is 38.9. The van der Waals surface area contributed by atoms with Crippen LogP contribution in [0.4, 0.5) is 17.1 Å². The first-order valence-electron chi connectivity index (χ1n) is 25.0. The Kier molecular flexibility index (Phi) is 7.49. The van der Waals surface area contributed by atoms with E-state index in [1.54, 1.807) is 0 Å². The quantitative estimate of drug-likeness (QED) is 0.161. The maximum absolute atomic E-state index is 2.62. The number of para-hydroxylation sites is 8. The van der Waals surface area contributed by atoms with Gasteiger partial charge in [0, 0.05) is 82.7 Å². The van der Waals surface area contributed by atoms with Crippen LogP contribution < -0.4 is 21.3 Å². The highest BCUT2D eigenvalue weighted by Crippen LogP contribution is 2.45. The van der Waals surface area contributed by atoms with Gasteiger partial charge in [-0.2, -0.15) is 0 Å². The minimum absolute atomic E-state index is 0.0117. The van der Waals surface area contributed by atoms with Crippen molar-refractivity contribution in [3.8, 4) is 22.7 Å². The third kappa shape index (κ3) is 4.92. The average Bonchev–Trinajstić information content (AvgIpc) is 4.17. The molecule has 15 aromatic rings. The number of nitrogens with zero attached hydrogens (tertiary/aromatic N) is 5. The number of fused-ring (bicyclic) bond motifs is 16. The minimum Gasteiger partial charge on any atom is -0.311 e. The molecule has 332 valence electrons. The Balaban J connectivity index is 1.01. The van der Waals surface area contributed by atoms with Crippen LogP contribution in [0.1, 0.15) is 0 Å². The average molecular weight is 914 g/mol. The van der Waals surface area contributed by atoms with Crippen molar-refractivity contribution in [2.45, 2.75) is 0 Å². The van der Waals surface area contributed by atoms with E-state index in [9.17, 15) is 0 Å². The summed E-state index contributed by atoms with van der Waals surface area (Å²) in [6, 6.07) is 90.4. The SMILES string of the molecule is c1ccc(N2c3ccccc3B3c4c2cc(-n2c5ccccc5c5ccc(-n6c7ccccc7c7ccccc76)cc52)cc4-n2c4cc(-n5c6ccccc6c6ccccc65)ccc4c4cccc3c42)cc1. The molecule has 4 aromatic heterocycles. The van der Waals surface area contributed by atoms with Crippen LogP contribution in [0.25, 0.3) is 110 Å². The van der Waals surface area contributed by atoms with E-state index in [-0.39, 0.29) is 6.71 Å². The standard InChI is InChI=1S/C66H40BN5/c1-2-17-41(18-3-1)68-60-32-15-9-25-53(60)67-54-26-16-24-52-51-36-34-43(70-57-29-12-6-21-47(57)48-22-7-13-30-58(48)70)38-62(51)72(66(52)54)64-40-44(39-63(68)65(64)67)71-59-31-14-8-23-49(59)50-35-33-42(37-61(50)71)69-55-27-10-4-19-45(55)46-20-5-11-28-56(46)69/h1-40H. The molecule has 0 radical (unpaired) electrons. The van der Waals surface area contributed by atoms with Gasteiger partial charge in [-0.15, -0.1) is 0 Å². The van der Waals surface area contributed by atoms with E-state index in [0.29, 0.717) is 0 Å². The molecule has 17 rings (SSSR count). The fourth-order valence-corrected chi connectivity index (χ4v) is 13.3. The largest absolute Gasteiger partial charge is 0.311 e. The van der Waals surface area contributed by atoms with Crippen LogP contribution >= 0.6 is 0 Å². The minimum atomic E-state index is 0.0117. The van der Waals surface area contributed by atoms with Gasteiger partial charge in [-0.3, -0.25) is 0 Å². The number of aromatic nitrogens is 4. The van der Waals surface area contributed by atoms with Gasteiger partial charge in [0.2, 0.25) is 0 Å². The summed E-state index contributed by atoms with van der Waals surface area (Å²) in [6.07, 6.45) is 0. The Morgan fingerprint density at radius 2 is 0.653 bits per heavy atom. The van der Waals surface area contributed by atoms with E-state index < -0.39 is 0 Å². The van der Waals surface area contributed by atoms with Crippen LogP contribution in [0.2, 0.25) is 0 Å². The van der Waals surface area contributed by atoms with E-state index in [2.05, 4.69) is 266 Å². The first kappa shape index (κ1) is 38.3. The summed E-state index contributed by atoms with van der Waals surface area (Å²) >= 11 is 0. The molecule has 0 N–H and O–H groups in total. The second-order valence-corrected chi connectivity index (χ2v) is 19.6. The fraction of sp³-hybridized carbons (Fsp3) is 0.